The third kappa shape index (κ3) is 2.19. The van der Waals surface area contributed by atoms with Gasteiger partial charge in [0.05, 0.1) is 0 Å². The molecule has 2 aromatic carbocycles. The molecule has 0 spiro atoms. The predicted molar refractivity (Wildman–Crippen MR) is 84.0 cm³/mol. The molecule has 0 bridgehead atoms. The molecule has 4 N–H and O–H groups in total. The molecular formula is C18H16O6. The molecule has 1 fully saturated rings. The molecule has 2 unspecified atom stereocenters. The van der Waals surface area contributed by atoms with Crippen LogP contribution in [0.2, 0.25) is 0 Å². The van der Waals surface area contributed by atoms with E-state index in [1.807, 2.05) is 0 Å². The second-order valence-electron chi connectivity index (χ2n) is 6.00. The molecule has 6 nitrogen and oxygen atoms in total. The van der Waals surface area contributed by atoms with Crippen molar-refractivity contribution < 1.29 is 30.0 Å². The summed E-state index contributed by atoms with van der Waals surface area (Å²) in [6.45, 7) is 0. The highest BCUT2D eigenvalue weighted by molar-refractivity contribution is 6.02. The number of benzene rings is 2. The Morgan fingerprint density at radius 1 is 0.750 bits per heavy atom. The molecule has 0 radical (unpaired) electrons. The summed E-state index contributed by atoms with van der Waals surface area (Å²) in [5, 5.41) is 38.2. The summed E-state index contributed by atoms with van der Waals surface area (Å²) >= 11 is 0. The Hall–Kier alpha value is -3.02. The standard InChI is InChI=1S/C18H16O6/c19-12-5-1-10(2-6-12)14-9-15(11-3-7-13(20)8-4-11)18(14,16(21)22)17(23)24/h1-8,14-15,19-20H,9H2,(H,21,22)(H,23,24). The average Bonchev–Trinajstić information content (AvgIpc) is 2.49. The molecule has 0 aliphatic heterocycles. The van der Waals surface area contributed by atoms with Crippen molar-refractivity contribution in [1.29, 1.82) is 0 Å². The fourth-order valence-electron chi connectivity index (χ4n) is 3.59. The van der Waals surface area contributed by atoms with Crippen molar-refractivity contribution in [3.05, 3.63) is 59.7 Å². The highest BCUT2D eigenvalue weighted by Gasteiger charge is 2.66. The van der Waals surface area contributed by atoms with Crippen molar-refractivity contribution in [2.75, 3.05) is 0 Å². The first-order valence-electron chi connectivity index (χ1n) is 7.42. The third-order valence-electron chi connectivity index (χ3n) is 4.87. The van der Waals surface area contributed by atoms with Crippen LogP contribution in [0.1, 0.15) is 29.4 Å². The van der Waals surface area contributed by atoms with Crippen molar-refractivity contribution in [2.24, 2.45) is 5.41 Å². The molecule has 2 aromatic rings. The maximum Gasteiger partial charge on any atom is 0.322 e. The second kappa shape index (κ2) is 5.56. The van der Waals surface area contributed by atoms with Crippen LogP contribution in [-0.2, 0) is 9.59 Å². The molecule has 2 atom stereocenters. The van der Waals surface area contributed by atoms with Crippen LogP contribution in [0.3, 0.4) is 0 Å². The molecule has 1 aliphatic rings. The van der Waals surface area contributed by atoms with Crippen LogP contribution >= 0.6 is 0 Å². The number of phenolic OH excluding ortho intramolecular Hbond substituents is 2. The lowest BCUT2D eigenvalue weighted by Crippen LogP contribution is -2.56. The SMILES string of the molecule is O=C(O)C1(C(=O)O)C(c2ccc(O)cc2)CC1c1ccc(O)cc1. The first-order chi connectivity index (χ1) is 11.4. The normalized spacial score (nSPS) is 21.7. The van der Waals surface area contributed by atoms with Crippen molar-refractivity contribution >= 4 is 11.9 Å². The van der Waals surface area contributed by atoms with Gasteiger partial charge in [-0.25, -0.2) is 0 Å². The van der Waals surface area contributed by atoms with Crippen LogP contribution < -0.4 is 0 Å². The first kappa shape index (κ1) is 15.9. The minimum atomic E-state index is -1.98. The zero-order valence-corrected chi connectivity index (χ0v) is 12.6. The van der Waals surface area contributed by atoms with Gasteiger partial charge in [-0.1, -0.05) is 24.3 Å². The van der Waals surface area contributed by atoms with Crippen LogP contribution in [0.5, 0.6) is 11.5 Å². The summed E-state index contributed by atoms with van der Waals surface area (Å²) in [7, 11) is 0. The Morgan fingerprint density at radius 2 is 1.08 bits per heavy atom. The minimum absolute atomic E-state index is 0.0319. The van der Waals surface area contributed by atoms with Gasteiger partial charge < -0.3 is 20.4 Å². The topological polar surface area (TPSA) is 115 Å². The molecule has 6 heteroatoms. The van der Waals surface area contributed by atoms with Crippen molar-refractivity contribution in [1.82, 2.24) is 0 Å². The summed E-state index contributed by atoms with van der Waals surface area (Å²) in [5.74, 6) is -4.12. The zero-order valence-electron chi connectivity index (χ0n) is 12.6. The van der Waals surface area contributed by atoms with Gasteiger partial charge >= 0.3 is 11.9 Å². The second-order valence-corrected chi connectivity index (χ2v) is 6.00. The number of phenols is 2. The number of aliphatic carboxylic acids is 2. The van der Waals surface area contributed by atoms with E-state index >= 15 is 0 Å². The smallest absolute Gasteiger partial charge is 0.322 e. The summed E-state index contributed by atoms with van der Waals surface area (Å²) in [6, 6.07) is 11.9. The molecule has 1 saturated carbocycles. The maximum atomic E-state index is 12.0. The number of carboxylic acids is 2. The highest BCUT2D eigenvalue weighted by atomic mass is 16.4. The third-order valence-corrected chi connectivity index (χ3v) is 4.87. The van der Waals surface area contributed by atoms with Crippen LogP contribution in [0.15, 0.2) is 48.5 Å². The fourth-order valence-corrected chi connectivity index (χ4v) is 3.59. The zero-order chi connectivity index (χ0) is 17.5. The van der Waals surface area contributed by atoms with Gasteiger partial charge in [-0.3, -0.25) is 9.59 Å². The Labute approximate surface area is 137 Å². The lowest BCUT2D eigenvalue weighted by atomic mass is 9.49. The number of hydrogen-bond donors (Lipinski definition) is 4. The molecule has 3 rings (SSSR count). The highest BCUT2D eigenvalue weighted by Crippen LogP contribution is 2.62. The van der Waals surface area contributed by atoms with Crippen LogP contribution in [0, 0.1) is 5.41 Å². The van der Waals surface area contributed by atoms with E-state index in [4.69, 9.17) is 0 Å². The summed E-state index contributed by atoms with van der Waals surface area (Å²) in [4.78, 5) is 23.9. The van der Waals surface area contributed by atoms with E-state index in [0.29, 0.717) is 17.5 Å². The molecule has 0 aromatic heterocycles. The minimum Gasteiger partial charge on any atom is -0.508 e. The molecular weight excluding hydrogens is 312 g/mol. The van der Waals surface area contributed by atoms with E-state index in [-0.39, 0.29) is 11.5 Å². The summed E-state index contributed by atoms with van der Waals surface area (Å²) in [6.07, 6.45) is 0.355. The molecule has 0 saturated heterocycles. The van der Waals surface area contributed by atoms with Gasteiger partial charge in [0.25, 0.3) is 0 Å². The number of rotatable bonds is 4. The lowest BCUT2D eigenvalue weighted by Gasteiger charge is -2.50. The summed E-state index contributed by atoms with van der Waals surface area (Å²) < 4.78 is 0. The number of carbonyl (C=O) groups is 2. The molecule has 0 amide bonds. The quantitative estimate of drug-likeness (QED) is 0.641. The Kier molecular flexibility index (Phi) is 3.67. The molecule has 124 valence electrons. The first-order valence-corrected chi connectivity index (χ1v) is 7.42. The van der Waals surface area contributed by atoms with Crippen LogP contribution in [0.25, 0.3) is 0 Å². The number of hydrogen-bond acceptors (Lipinski definition) is 4. The van der Waals surface area contributed by atoms with Crippen molar-refractivity contribution in [2.45, 2.75) is 18.3 Å². The number of carboxylic acid groups (broad SMARTS) is 2. The Bertz CT molecular complexity index is 711. The molecule has 0 heterocycles. The van der Waals surface area contributed by atoms with Crippen LogP contribution in [0.4, 0.5) is 0 Å². The fraction of sp³-hybridized carbons (Fsp3) is 0.222. The van der Waals surface area contributed by atoms with Gasteiger partial charge in [0.15, 0.2) is 5.41 Å². The number of aromatic hydroxyl groups is 2. The summed E-state index contributed by atoms with van der Waals surface area (Å²) in [5.41, 5.74) is -0.853. The van der Waals surface area contributed by atoms with Gasteiger partial charge in [0, 0.05) is 11.8 Å². The lowest BCUT2D eigenvalue weighted by molar-refractivity contribution is -0.177. The maximum absolute atomic E-state index is 12.0. The van der Waals surface area contributed by atoms with E-state index in [1.54, 1.807) is 24.3 Å². The van der Waals surface area contributed by atoms with E-state index in [2.05, 4.69) is 0 Å². The van der Waals surface area contributed by atoms with E-state index < -0.39 is 29.2 Å². The Balaban J connectivity index is 2.06. The van der Waals surface area contributed by atoms with E-state index in [1.165, 1.54) is 24.3 Å². The van der Waals surface area contributed by atoms with Crippen molar-refractivity contribution in [3.63, 3.8) is 0 Å². The van der Waals surface area contributed by atoms with Crippen molar-refractivity contribution in [3.8, 4) is 11.5 Å². The monoisotopic (exact) mass is 328 g/mol. The average molecular weight is 328 g/mol. The predicted octanol–water partition coefficient (Wildman–Crippen LogP) is 2.52. The van der Waals surface area contributed by atoms with Crippen LogP contribution in [-0.4, -0.2) is 32.4 Å². The largest absolute Gasteiger partial charge is 0.508 e. The Morgan fingerprint density at radius 3 is 1.38 bits per heavy atom. The van der Waals surface area contributed by atoms with E-state index in [0.717, 1.165) is 0 Å². The van der Waals surface area contributed by atoms with Gasteiger partial charge in [-0.05, 0) is 41.8 Å². The van der Waals surface area contributed by atoms with Gasteiger partial charge in [0.2, 0.25) is 0 Å². The van der Waals surface area contributed by atoms with E-state index in [9.17, 15) is 30.0 Å². The van der Waals surface area contributed by atoms with Gasteiger partial charge in [0.1, 0.15) is 11.5 Å². The van der Waals surface area contributed by atoms with Gasteiger partial charge in [-0.15, -0.1) is 0 Å². The molecule has 1 aliphatic carbocycles. The molecule has 24 heavy (non-hydrogen) atoms. The van der Waals surface area contributed by atoms with Gasteiger partial charge in [-0.2, -0.15) is 0 Å².